The Morgan fingerprint density at radius 3 is 2.86 bits per heavy atom. The molecule has 1 fully saturated rings. The quantitative estimate of drug-likeness (QED) is 0.847. The second-order valence-corrected chi connectivity index (χ2v) is 7.14. The van der Waals surface area contributed by atoms with E-state index in [2.05, 4.69) is 5.10 Å². The van der Waals surface area contributed by atoms with Crippen molar-refractivity contribution in [2.24, 2.45) is 0 Å². The lowest BCUT2D eigenvalue weighted by Gasteiger charge is -2.31. The van der Waals surface area contributed by atoms with E-state index in [0.717, 1.165) is 19.3 Å². The Bertz CT molecular complexity index is 570. The summed E-state index contributed by atoms with van der Waals surface area (Å²) in [5, 5.41) is 4.02. The molecule has 1 aromatic rings. The summed E-state index contributed by atoms with van der Waals surface area (Å²) in [6.07, 6.45) is 4.10. The van der Waals surface area contributed by atoms with Crippen LogP contribution in [0.3, 0.4) is 0 Å². The summed E-state index contributed by atoms with van der Waals surface area (Å²) >= 11 is 0. The van der Waals surface area contributed by atoms with E-state index in [9.17, 15) is 8.42 Å². The zero-order chi connectivity index (χ0) is 15.5. The lowest BCUT2D eigenvalue weighted by Crippen LogP contribution is -2.43. The number of nitrogen functional groups attached to an aromatic ring is 1. The van der Waals surface area contributed by atoms with Gasteiger partial charge in [-0.05, 0) is 26.2 Å². The zero-order valence-corrected chi connectivity index (χ0v) is 13.5. The van der Waals surface area contributed by atoms with Crippen molar-refractivity contribution in [1.82, 2.24) is 14.1 Å². The molecule has 1 saturated heterocycles. The van der Waals surface area contributed by atoms with Crippen LogP contribution in [-0.4, -0.2) is 48.3 Å². The van der Waals surface area contributed by atoms with Crippen LogP contribution in [0.2, 0.25) is 0 Å². The molecule has 0 bridgehead atoms. The number of piperidine rings is 1. The third kappa shape index (κ3) is 3.56. The van der Waals surface area contributed by atoms with Gasteiger partial charge in [-0.2, -0.15) is 9.40 Å². The largest absolute Gasteiger partial charge is 0.381 e. The van der Waals surface area contributed by atoms with Gasteiger partial charge in [0.15, 0.2) is 5.82 Å². The third-order valence-electron chi connectivity index (χ3n) is 3.60. The van der Waals surface area contributed by atoms with Crippen LogP contribution in [0.5, 0.6) is 0 Å². The fourth-order valence-corrected chi connectivity index (χ4v) is 4.03. The molecule has 8 heteroatoms. The summed E-state index contributed by atoms with van der Waals surface area (Å²) < 4.78 is 34.1. The highest BCUT2D eigenvalue weighted by Gasteiger charge is 2.33. The van der Waals surface area contributed by atoms with E-state index in [1.165, 1.54) is 15.2 Å². The van der Waals surface area contributed by atoms with Crippen molar-refractivity contribution in [3.8, 4) is 0 Å². The highest BCUT2D eigenvalue weighted by molar-refractivity contribution is 7.89. The van der Waals surface area contributed by atoms with E-state index >= 15 is 0 Å². The molecule has 0 amide bonds. The molecule has 2 heterocycles. The summed E-state index contributed by atoms with van der Waals surface area (Å²) in [6.45, 7) is 6.07. The number of hydrogen-bond donors (Lipinski definition) is 1. The van der Waals surface area contributed by atoms with Crippen LogP contribution in [0.4, 0.5) is 5.82 Å². The van der Waals surface area contributed by atoms with Crippen LogP contribution in [0.15, 0.2) is 11.1 Å². The molecule has 2 N–H and O–H groups in total. The van der Waals surface area contributed by atoms with Crippen molar-refractivity contribution in [1.29, 1.82) is 0 Å². The summed E-state index contributed by atoms with van der Waals surface area (Å²) in [4.78, 5) is 0.0977. The molecule has 120 valence electrons. The lowest BCUT2D eigenvalue weighted by molar-refractivity contribution is 0.0193. The number of ether oxygens (including phenoxy) is 1. The Morgan fingerprint density at radius 1 is 1.48 bits per heavy atom. The van der Waals surface area contributed by atoms with Gasteiger partial charge in [-0.25, -0.2) is 8.42 Å². The van der Waals surface area contributed by atoms with E-state index in [4.69, 9.17) is 10.5 Å². The number of nitrogens with zero attached hydrogens (tertiary/aromatic N) is 3. The Morgan fingerprint density at radius 2 is 2.24 bits per heavy atom. The first-order valence-corrected chi connectivity index (χ1v) is 8.87. The predicted molar refractivity (Wildman–Crippen MR) is 80.3 cm³/mol. The molecule has 0 radical (unpaired) electrons. The molecule has 1 unspecified atom stereocenters. The van der Waals surface area contributed by atoms with Crippen molar-refractivity contribution in [2.45, 2.75) is 50.7 Å². The highest BCUT2D eigenvalue weighted by atomic mass is 32.2. The highest BCUT2D eigenvalue weighted by Crippen LogP contribution is 2.25. The molecule has 1 atom stereocenters. The second kappa shape index (κ2) is 6.76. The Kier molecular flexibility index (Phi) is 5.23. The molecule has 2 rings (SSSR count). The van der Waals surface area contributed by atoms with Crippen LogP contribution < -0.4 is 5.73 Å². The molecular weight excluding hydrogens is 292 g/mol. The van der Waals surface area contributed by atoms with Crippen LogP contribution in [-0.2, 0) is 21.3 Å². The molecule has 0 aromatic carbocycles. The van der Waals surface area contributed by atoms with Gasteiger partial charge in [0.05, 0.1) is 6.10 Å². The molecular formula is C13H24N4O3S. The Hall–Kier alpha value is -1.12. The van der Waals surface area contributed by atoms with Crippen molar-refractivity contribution < 1.29 is 13.2 Å². The summed E-state index contributed by atoms with van der Waals surface area (Å²) in [6, 6.07) is 0. The topological polar surface area (TPSA) is 90.5 Å². The summed E-state index contributed by atoms with van der Waals surface area (Å²) in [7, 11) is -3.59. The number of aromatic nitrogens is 2. The van der Waals surface area contributed by atoms with E-state index < -0.39 is 10.0 Å². The van der Waals surface area contributed by atoms with E-state index in [-0.39, 0.29) is 16.8 Å². The molecule has 0 spiro atoms. The molecule has 0 saturated carbocycles. The van der Waals surface area contributed by atoms with Crippen LogP contribution in [0, 0.1) is 0 Å². The fourth-order valence-electron chi connectivity index (χ4n) is 2.46. The number of anilines is 1. The van der Waals surface area contributed by atoms with Crippen LogP contribution >= 0.6 is 0 Å². The van der Waals surface area contributed by atoms with Crippen molar-refractivity contribution in [3.63, 3.8) is 0 Å². The fraction of sp³-hybridized carbons (Fsp3) is 0.769. The molecule has 1 aliphatic heterocycles. The number of sulfonamides is 1. The van der Waals surface area contributed by atoms with Gasteiger partial charge in [0.25, 0.3) is 0 Å². The molecule has 21 heavy (non-hydrogen) atoms. The van der Waals surface area contributed by atoms with E-state index in [1.807, 2.05) is 13.8 Å². The van der Waals surface area contributed by atoms with Gasteiger partial charge in [-0.1, -0.05) is 6.92 Å². The number of hydrogen-bond acceptors (Lipinski definition) is 5. The monoisotopic (exact) mass is 316 g/mol. The van der Waals surface area contributed by atoms with Crippen molar-refractivity contribution >= 4 is 15.8 Å². The second-order valence-electron chi connectivity index (χ2n) is 5.23. The molecule has 1 aliphatic rings. The van der Waals surface area contributed by atoms with Gasteiger partial charge < -0.3 is 10.5 Å². The zero-order valence-electron chi connectivity index (χ0n) is 12.7. The molecule has 1 aromatic heterocycles. The van der Waals surface area contributed by atoms with Crippen molar-refractivity contribution in [3.05, 3.63) is 6.20 Å². The SMILES string of the molecule is CCCOC1CCCN(S(=O)(=O)c2cn(CC)nc2N)C1. The molecule has 0 aliphatic carbocycles. The smallest absolute Gasteiger partial charge is 0.248 e. The van der Waals surface area contributed by atoms with Gasteiger partial charge in [0, 0.05) is 32.4 Å². The minimum atomic E-state index is -3.59. The van der Waals surface area contributed by atoms with Crippen LogP contribution in [0.1, 0.15) is 33.1 Å². The van der Waals surface area contributed by atoms with Gasteiger partial charge in [0.2, 0.25) is 10.0 Å². The van der Waals surface area contributed by atoms with Gasteiger partial charge in [-0.15, -0.1) is 0 Å². The van der Waals surface area contributed by atoms with Gasteiger partial charge >= 0.3 is 0 Å². The maximum atomic E-state index is 12.7. The Balaban J connectivity index is 2.16. The van der Waals surface area contributed by atoms with E-state index in [0.29, 0.717) is 26.2 Å². The first-order chi connectivity index (χ1) is 9.98. The predicted octanol–water partition coefficient (Wildman–Crippen LogP) is 1.06. The average molecular weight is 316 g/mol. The first kappa shape index (κ1) is 16.3. The third-order valence-corrected chi connectivity index (χ3v) is 5.48. The lowest BCUT2D eigenvalue weighted by atomic mass is 10.1. The molecule has 7 nitrogen and oxygen atoms in total. The maximum Gasteiger partial charge on any atom is 0.248 e. The minimum absolute atomic E-state index is 0.0316. The number of aryl methyl sites for hydroxylation is 1. The van der Waals surface area contributed by atoms with E-state index in [1.54, 1.807) is 0 Å². The Labute approximate surface area is 126 Å². The maximum absolute atomic E-state index is 12.7. The standard InChI is InChI=1S/C13H24N4O3S/c1-3-8-20-11-6-5-7-17(9-11)21(18,19)12-10-16(4-2)15-13(12)14/h10-11H,3-9H2,1-2H3,(H2,14,15). The van der Waals surface area contributed by atoms with Gasteiger partial charge in [0.1, 0.15) is 4.90 Å². The first-order valence-electron chi connectivity index (χ1n) is 7.43. The average Bonchev–Trinajstić information content (AvgIpc) is 2.87. The number of rotatable bonds is 6. The summed E-state index contributed by atoms with van der Waals surface area (Å²) in [5.41, 5.74) is 5.76. The normalized spacial score (nSPS) is 20.8. The minimum Gasteiger partial charge on any atom is -0.381 e. The van der Waals surface area contributed by atoms with Gasteiger partial charge in [-0.3, -0.25) is 4.68 Å². The summed E-state index contributed by atoms with van der Waals surface area (Å²) in [5.74, 6) is 0.0634. The number of nitrogens with two attached hydrogens (primary N) is 1. The van der Waals surface area contributed by atoms with Crippen molar-refractivity contribution in [2.75, 3.05) is 25.4 Å². The van der Waals surface area contributed by atoms with Crippen LogP contribution in [0.25, 0.3) is 0 Å².